The number of guanidine groups is 1. The lowest BCUT2D eigenvalue weighted by molar-refractivity contribution is -0.145. The topological polar surface area (TPSA) is 118 Å². The van der Waals surface area contributed by atoms with Crippen LogP contribution >= 0.6 is 0 Å². The van der Waals surface area contributed by atoms with Gasteiger partial charge < -0.3 is 25.4 Å². The number of aliphatic imine (C=N–C) groups is 1. The maximum atomic E-state index is 12.4. The molecule has 3 unspecified atom stereocenters. The van der Waals surface area contributed by atoms with Gasteiger partial charge in [-0.25, -0.2) is 4.99 Å². The number of fused-ring (bicyclic) bond motifs is 2. The molecule has 38 heavy (non-hydrogen) atoms. The second kappa shape index (κ2) is 13.8. The van der Waals surface area contributed by atoms with E-state index in [1.807, 2.05) is 32.0 Å². The number of nitrogens with zero attached hydrogens (tertiary/aromatic N) is 2. The predicted molar refractivity (Wildman–Crippen MR) is 148 cm³/mol. The molecule has 9 nitrogen and oxygen atoms in total. The van der Waals surface area contributed by atoms with E-state index in [9.17, 15) is 9.59 Å². The van der Waals surface area contributed by atoms with E-state index in [0.29, 0.717) is 38.0 Å². The summed E-state index contributed by atoms with van der Waals surface area (Å²) in [5.74, 6) is 1.88. The van der Waals surface area contributed by atoms with Crippen molar-refractivity contribution in [3.05, 3.63) is 23.8 Å². The summed E-state index contributed by atoms with van der Waals surface area (Å²) in [6.45, 7) is 5.48. The number of unbranched alkanes of at least 4 members (excludes halogenated alkanes) is 2. The number of esters is 1. The first kappa shape index (κ1) is 28.2. The Balaban J connectivity index is 1.14. The largest absolute Gasteiger partial charge is 0.491 e. The van der Waals surface area contributed by atoms with Gasteiger partial charge in [0.25, 0.3) is 0 Å². The summed E-state index contributed by atoms with van der Waals surface area (Å²) in [7, 11) is 0. The summed E-state index contributed by atoms with van der Waals surface area (Å²) in [4.78, 5) is 30.8. The Morgan fingerprint density at radius 2 is 2.00 bits per heavy atom. The number of rotatable bonds is 12. The highest BCUT2D eigenvalue weighted by Crippen LogP contribution is 2.35. The monoisotopic (exact) mass is 527 g/mol. The fourth-order valence-electron chi connectivity index (χ4n) is 5.63. The highest BCUT2D eigenvalue weighted by molar-refractivity contribution is 5.88. The Bertz CT molecular complexity index is 982. The molecule has 1 aromatic carbocycles. The molecule has 2 aliphatic heterocycles. The van der Waals surface area contributed by atoms with Crippen LogP contribution in [-0.2, 0) is 20.9 Å². The van der Waals surface area contributed by atoms with E-state index in [-0.39, 0.29) is 36.5 Å². The van der Waals surface area contributed by atoms with Crippen LogP contribution < -0.4 is 21.1 Å². The lowest BCUT2D eigenvalue weighted by atomic mass is 9.79. The summed E-state index contributed by atoms with van der Waals surface area (Å²) < 4.78 is 11.3. The van der Waals surface area contributed by atoms with Crippen LogP contribution in [0.25, 0.3) is 0 Å². The molecule has 1 saturated heterocycles. The average Bonchev–Trinajstić information content (AvgIpc) is 2.90. The quantitative estimate of drug-likeness (QED) is 0.278. The van der Waals surface area contributed by atoms with Crippen molar-refractivity contribution < 1.29 is 19.1 Å². The highest BCUT2D eigenvalue weighted by Gasteiger charge is 2.32. The second-order valence-electron chi connectivity index (χ2n) is 11.3. The van der Waals surface area contributed by atoms with E-state index in [1.165, 1.54) is 32.1 Å². The maximum absolute atomic E-state index is 12.4. The van der Waals surface area contributed by atoms with Crippen molar-refractivity contribution in [3.63, 3.8) is 0 Å². The van der Waals surface area contributed by atoms with Gasteiger partial charge in [-0.3, -0.25) is 14.9 Å². The molecule has 4 N–H and O–H groups in total. The van der Waals surface area contributed by atoms with Crippen LogP contribution in [0.1, 0.15) is 83.6 Å². The van der Waals surface area contributed by atoms with Crippen LogP contribution in [-0.4, -0.2) is 54.7 Å². The molecular formula is C29H45N5O4. The number of carbonyl (C=O) groups is 2. The molecule has 1 aliphatic carbocycles. The summed E-state index contributed by atoms with van der Waals surface area (Å²) in [6.07, 6.45) is 10.8. The molecule has 1 aromatic rings. The molecule has 2 fully saturated rings. The van der Waals surface area contributed by atoms with Crippen molar-refractivity contribution in [2.24, 2.45) is 22.6 Å². The number of hydrogen-bond acceptors (Lipinski definition) is 8. The predicted octanol–water partition coefficient (Wildman–Crippen LogP) is 3.97. The number of ether oxygens (including phenoxy) is 2. The van der Waals surface area contributed by atoms with Crippen LogP contribution in [0.15, 0.2) is 23.2 Å². The smallest absolute Gasteiger partial charge is 0.325 e. The van der Waals surface area contributed by atoms with Gasteiger partial charge in [-0.05, 0) is 62.8 Å². The molecule has 2 heterocycles. The first-order valence-corrected chi connectivity index (χ1v) is 14.4. The third kappa shape index (κ3) is 8.09. The van der Waals surface area contributed by atoms with E-state index in [4.69, 9.17) is 15.2 Å². The molecule has 0 spiro atoms. The zero-order chi connectivity index (χ0) is 26.9. The van der Waals surface area contributed by atoms with E-state index in [1.54, 1.807) is 4.90 Å². The summed E-state index contributed by atoms with van der Waals surface area (Å²) in [5.41, 5.74) is 7.84. The molecule has 3 atom stereocenters. The molecule has 1 amide bonds. The molecular weight excluding hydrogens is 482 g/mol. The fourth-order valence-corrected chi connectivity index (χ4v) is 5.63. The second-order valence-corrected chi connectivity index (χ2v) is 11.3. The molecule has 4 rings (SSSR count). The third-order valence-electron chi connectivity index (χ3n) is 7.68. The molecule has 1 saturated carbocycles. The zero-order valence-electron chi connectivity index (χ0n) is 23.0. The van der Waals surface area contributed by atoms with Crippen molar-refractivity contribution in [3.8, 4) is 5.75 Å². The van der Waals surface area contributed by atoms with E-state index < -0.39 is 0 Å². The Kier molecular flexibility index (Phi) is 10.3. The lowest BCUT2D eigenvalue weighted by Gasteiger charge is -2.40. The van der Waals surface area contributed by atoms with Crippen LogP contribution in [0.3, 0.4) is 0 Å². The van der Waals surface area contributed by atoms with Gasteiger partial charge in [0.15, 0.2) is 5.96 Å². The first-order chi connectivity index (χ1) is 18.4. The molecule has 0 aromatic heterocycles. The number of piperidine rings is 1. The Morgan fingerprint density at radius 3 is 2.84 bits per heavy atom. The fraction of sp³-hybridized carbons (Fsp3) is 0.690. The maximum Gasteiger partial charge on any atom is 0.325 e. The van der Waals surface area contributed by atoms with E-state index >= 15 is 0 Å². The van der Waals surface area contributed by atoms with Gasteiger partial charge in [0.2, 0.25) is 5.91 Å². The molecule has 9 heteroatoms. The number of nitrogens with two attached hydrogens (primary N) is 1. The van der Waals surface area contributed by atoms with Gasteiger partial charge in [-0.1, -0.05) is 38.8 Å². The van der Waals surface area contributed by atoms with E-state index in [0.717, 1.165) is 42.9 Å². The van der Waals surface area contributed by atoms with Gasteiger partial charge >= 0.3 is 5.97 Å². The van der Waals surface area contributed by atoms with Gasteiger partial charge in [0.1, 0.15) is 18.0 Å². The standard InChI is InChI=1S/C29H45N5O4/c1-20(2)19-38-27(36)18-34-17-22-10-8-12-24(28(22)33-29(34)30)37-16-7-3-4-13-26(35)32-25-15-14-21-9-5-6-11-23(21)31-25/h8,10,12,20-21,23,25,31H,3-7,9,11,13-19H2,1-2H3,(H2,30,33)(H,32,35). The van der Waals surface area contributed by atoms with Crippen LogP contribution in [0.5, 0.6) is 5.75 Å². The Labute approximate surface area is 226 Å². The van der Waals surface area contributed by atoms with Crippen molar-refractivity contribution in [1.82, 2.24) is 15.5 Å². The summed E-state index contributed by atoms with van der Waals surface area (Å²) >= 11 is 0. The number of carbonyl (C=O) groups excluding carboxylic acids is 2. The van der Waals surface area contributed by atoms with Gasteiger partial charge in [0.05, 0.1) is 19.4 Å². The Morgan fingerprint density at radius 1 is 1.16 bits per heavy atom. The minimum Gasteiger partial charge on any atom is -0.491 e. The summed E-state index contributed by atoms with van der Waals surface area (Å²) in [6, 6.07) is 6.37. The zero-order valence-corrected chi connectivity index (χ0v) is 23.0. The van der Waals surface area contributed by atoms with Crippen molar-refractivity contribution in [2.75, 3.05) is 19.8 Å². The lowest BCUT2D eigenvalue weighted by Crippen LogP contribution is -2.56. The SMILES string of the molecule is CC(C)COC(=O)CN1Cc2cccc(OCCCCCC(=O)NC3CCC4CCCCC4N3)c2N=C1N. The number of para-hydroxylation sites is 1. The van der Waals surface area contributed by atoms with Crippen LogP contribution in [0.2, 0.25) is 0 Å². The van der Waals surface area contributed by atoms with Gasteiger partial charge in [-0.2, -0.15) is 0 Å². The van der Waals surface area contributed by atoms with Gasteiger partial charge in [0, 0.05) is 24.6 Å². The van der Waals surface area contributed by atoms with Gasteiger partial charge in [-0.15, -0.1) is 0 Å². The third-order valence-corrected chi connectivity index (χ3v) is 7.68. The van der Waals surface area contributed by atoms with Crippen LogP contribution in [0, 0.1) is 11.8 Å². The molecule has 3 aliphatic rings. The average molecular weight is 528 g/mol. The van der Waals surface area contributed by atoms with Crippen molar-refractivity contribution in [1.29, 1.82) is 0 Å². The number of hydrogen-bond donors (Lipinski definition) is 3. The normalized spacial score (nSPS) is 22.8. The highest BCUT2D eigenvalue weighted by atomic mass is 16.5. The van der Waals surface area contributed by atoms with Crippen molar-refractivity contribution >= 4 is 23.5 Å². The molecule has 210 valence electrons. The minimum atomic E-state index is -0.311. The molecule has 0 radical (unpaired) electrons. The Hall–Kier alpha value is -2.81. The van der Waals surface area contributed by atoms with E-state index in [2.05, 4.69) is 15.6 Å². The van der Waals surface area contributed by atoms with Crippen molar-refractivity contribution in [2.45, 2.75) is 96.8 Å². The summed E-state index contributed by atoms with van der Waals surface area (Å²) in [5, 5.41) is 6.86. The minimum absolute atomic E-state index is 0.0675. The first-order valence-electron chi connectivity index (χ1n) is 14.4. The molecule has 0 bridgehead atoms. The van der Waals surface area contributed by atoms with Crippen LogP contribution in [0.4, 0.5) is 5.69 Å². The number of nitrogens with one attached hydrogen (secondary N) is 2. The number of amides is 1. The number of benzene rings is 1.